The van der Waals surface area contributed by atoms with Crippen molar-refractivity contribution in [2.24, 2.45) is 0 Å². The average Bonchev–Trinajstić information content (AvgIpc) is 2.57. The molecule has 0 fully saturated rings. The molecule has 2 aliphatic rings. The Hall–Kier alpha value is -2.37. The molecule has 2 unspecified atom stereocenters. The lowest BCUT2D eigenvalue weighted by Gasteiger charge is -2.34. The summed E-state index contributed by atoms with van der Waals surface area (Å²) in [6.45, 7) is 0. The first-order chi connectivity index (χ1) is 10.6. The molecule has 112 valence electrons. The lowest BCUT2D eigenvalue weighted by atomic mass is 9.79. The summed E-state index contributed by atoms with van der Waals surface area (Å²) in [5, 5.41) is 0. The molecular weight excluding hydrogens is 288 g/mol. The van der Waals surface area contributed by atoms with Crippen LogP contribution in [-0.4, -0.2) is 44.3 Å². The summed E-state index contributed by atoms with van der Waals surface area (Å²) in [6, 6.07) is 6.41. The Balaban J connectivity index is 2.29. The third kappa shape index (κ3) is 1.90. The Morgan fingerprint density at radius 3 is 2.14 bits per heavy atom. The molecule has 1 heterocycles. The van der Waals surface area contributed by atoms with Gasteiger partial charge in [-0.2, -0.15) is 0 Å². The molecular formula is C16H12O6. The van der Waals surface area contributed by atoms with Crippen LogP contribution >= 0.6 is 0 Å². The molecule has 1 aromatic carbocycles. The zero-order valence-electron chi connectivity index (χ0n) is 11.9. The number of hydrogen-bond donors (Lipinski definition) is 0. The molecule has 1 aliphatic carbocycles. The predicted molar refractivity (Wildman–Crippen MR) is 74.0 cm³/mol. The van der Waals surface area contributed by atoms with Crippen molar-refractivity contribution < 1.29 is 28.6 Å². The molecule has 3 rings (SSSR count). The van der Waals surface area contributed by atoms with E-state index in [1.807, 2.05) is 0 Å². The van der Waals surface area contributed by atoms with E-state index in [1.165, 1.54) is 14.2 Å². The smallest absolute Gasteiger partial charge is 0.198 e. The molecule has 2 atom stereocenters. The predicted octanol–water partition coefficient (Wildman–Crippen LogP) is 1.10. The van der Waals surface area contributed by atoms with Gasteiger partial charge in [0.15, 0.2) is 24.1 Å². The average molecular weight is 300 g/mol. The van der Waals surface area contributed by atoms with Gasteiger partial charge in [0, 0.05) is 25.3 Å². The Morgan fingerprint density at radius 2 is 1.59 bits per heavy atom. The van der Waals surface area contributed by atoms with Crippen molar-refractivity contribution in [3.05, 3.63) is 52.1 Å². The first-order valence-corrected chi connectivity index (χ1v) is 6.53. The number of ether oxygens (including phenoxy) is 3. The van der Waals surface area contributed by atoms with E-state index in [2.05, 4.69) is 0 Å². The van der Waals surface area contributed by atoms with Gasteiger partial charge in [0.2, 0.25) is 0 Å². The van der Waals surface area contributed by atoms with Crippen LogP contribution in [0.15, 0.2) is 41.0 Å². The lowest BCUT2D eigenvalue weighted by molar-refractivity contribution is -0.200. The summed E-state index contributed by atoms with van der Waals surface area (Å²) in [6.07, 6.45) is -2.19. The second-order valence-corrected chi connectivity index (χ2v) is 4.78. The van der Waals surface area contributed by atoms with Gasteiger partial charge in [-0.15, -0.1) is 0 Å². The van der Waals surface area contributed by atoms with Crippen molar-refractivity contribution in [3.63, 3.8) is 0 Å². The van der Waals surface area contributed by atoms with Crippen LogP contribution in [0.4, 0.5) is 0 Å². The molecule has 0 spiro atoms. The maximum atomic E-state index is 12.7. The van der Waals surface area contributed by atoms with Crippen LogP contribution in [0.2, 0.25) is 0 Å². The standard InChI is InChI=1S/C16H12O6/c1-20-15-10(7-17)11-12(16(21-2)22-15)14(19)9-6-4-3-5-8(9)13(11)18/h3-6,15-16H,1-2H3. The first kappa shape index (κ1) is 14.6. The number of carbonyl (C=O) groups is 2. The monoisotopic (exact) mass is 300 g/mol. The molecule has 0 amide bonds. The molecule has 0 radical (unpaired) electrons. The topological polar surface area (TPSA) is 78.9 Å². The number of carbonyl (C=O) groups excluding carboxylic acids is 3. The summed E-state index contributed by atoms with van der Waals surface area (Å²) in [5.74, 6) is 0.823. The Bertz CT molecular complexity index is 754. The van der Waals surface area contributed by atoms with E-state index in [4.69, 9.17) is 14.2 Å². The second kappa shape index (κ2) is 5.44. The van der Waals surface area contributed by atoms with Gasteiger partial charge >= 0.3 is 0 Å². The number of rotatable bonds is 2. The van der Waals surface area contributed by atoms with Crippen molar-refractivity contribution in [1.29, 1.82) is 0 Å². The summed E-state index contributed by atoms with van der Waals surface area (Å²) in [5.41, 5.74) is 0.351. The zero-order valence-corrected chi connectivity index (χ0v) is 11.9. The van der Waals surface area contributed by atoms with Crippen molar-refractivity contribution in [2.45, 2.75) is 12.6 Å². The van der Waals surface area contributed by atoms with E-state index < -0.39 is 24.1 Å². The van der Waals surface area contributed by atoms with Gasteiger partial charge < -0.3 is 14.2 Å². The highest BCUT2D eigenvalue weighted by Gasteiger charge is 2.45. The minimum atomic E-state index is -1.11. The number of fused-ring (bicyclic) bond motifs is 1. The van der Waals surface area contributed by atoms with Gasteiger partial charge in [-0.3, -0.25) is 9.59 Å². The SMILES string of the molecule is COC1OC(OC)C2=C(C(=O)c3ccccc3C2=O)C1=C=O. The molecule has 0 bridgehead atoms. The van der Waals surface area contributed by atoms with Gasteiger partial charge in [-0.25, -0.2) is 4.79 Å². The highest BCUT2D eigenvalue weighted by atomic mass is 16.8. The van der Waals surface area contributed by atoms with E-state index in [0.29, 0.717) is 0 Å². The number of methoxy groups -OCH3 is 2. The number of Topliss-reactive ketones (excluding diaryl/α,β-unsaturated/α-hetero) is 2. The number of hydrogen-bond acceptors (Lipinski definition) is 6. The minimum Gasteiger partial charge on any atom is -0.351 e. The van der Waals surface area contributed by atoms with Crippen LogP contribution in [-0.2, 0) is 19.0 Å². The highest BCUT2D eigenvalue weighted by molar-refractivity contribution is 6.29. The Labute approximate surface area is 126 Å². The quantitative estimate of drug-likeness (QED) is 0.761. The highest BCUT2D eigenvalue weighted by Crippen LogP contribution is 2.38. The fourth-order valence-electron chi connectivity index (χ4n) is 2.70. The van der Waals surface area contributed by atoms with Gasteiger partial charge in [0.1, 0.15) is 11.5 Å². The van der Waals surface area contributed by atoms with Crippen molar-refractivity contribution in [2.75, 3.05) is 14.2 Å². The molecule has 0 saturated carbocycles. The minimum absolute atomic E-state index is 0.0119. The van der Waals surface area contributed by atoms with Crippen LogP contribution in [0.5, 0.6) is 0 Å². The molecule has 1 aromatic rings. The van der Waals surface area contributed by atoms with Crippen LogP contribution in [0.3, 0.4) is 0 Å². The van der Waals surface area contributed by atoms with Gasteiger partial charge in [0.25, 0.3) is 0 Å². The van der Waals surface area contributed by atoms with Gasteiger partial charge in [-0.1, -0.05) is 24.3 Å². The van der Waals surface area contributed by atoms with E-state index in [-0.39, 0.29) is 27.8 Å². The van der Waals surface area contributed by atoms with Crippen molar-refractivity contribution >= 4 is 17.5 Å². The Kier molecular flexibility index (Phi) is 3.60. The van der Waals surface area contributed by atoms with E-state index in [1.54, 1.807) is 30.2 Å². The van der Waals surface area contributed by atoms with Gasteiger partial charge in [-0.05, 0) is 0 Å². The molecule has 0 saturated heterocycles. The number of benzene rings is 1. The fourth-order valence-corrected chi connectivity index (χ4v) is 2.70. The summed E-state index contributed by atoms with van der Waals surface area (Å²) >= 11 is 0. The molecule has 0 aromatic heterocycles. The summed E-state index contributed by atoms with van der Waals surface area (Å²) < 4.78 is 15.6. The number of ketones is 2. The van der Waals surface area contributed by atoms with Crippen LogP contribution in [0, 0.1) is 0 Å². The van der Waals surface area contributed by atoms with Crippen LogP contribution in [0.25, 0.3) is 0 Å². The molecule has 0 N–H and O–H groups in total. The Morgan fingerprint density at radius 1 is 1.00 bits per heavy atom. The normalized spacial score (nSPS) is 24.0. The fraction of sp³-hybridized carbons (Fsp3) is 0.250. The van der Waals surface area contributed by atoms with Crippen LogP contribution in [0.1, 0.15) is 20.7 Å². The lowest BCUT2D eigenvalue weighted by Crippen LogP contribution is -2.41. The second-order valence-electron chi connectivity index (χ2n) is 4.78. The first-order valence-electron chi connectivity index (χ1n) is 6.53. The summed E-state index contributed by atoms with van der Waals surface area (Å²) in [7, 11) is 2.67. The van der Waals surface area contributed by atoms with Crippen molar-refractivity contribution in [1.82, 2.24) is 0 Å². The van der Waals surface area contributed by atoms with Crippen LogP contribution < -0.4 is 0 Å². The maximum Gasteiger partial charge on any atom is 0.198 e. The summed E-state index contributed by atoms with van der Waals surface area (Å²) in [4.78, 5) is 36.7. The molecule has 6 heteroatoms. The van der Waals surface area contributed by atoms with E-state index >= 15 is 0 Å². The third-order valence-electron chi connectivity index (χ3n) is 3.68. The van der Waals surface area contributed by atoms with Gasteiger partial charge in [0.05, 0.1) is 11.1 Å². The van der Waals surface area contributed by atoms with E-state index in [0.717, 1.165) is 0 Å². The zero-order chi connectivity index (χ0) is 15.9. The third-order valence-corrected chi connectivity index (χ3v) is 3.68. The van der Waals surface area contributed by atoms with E-state index in [9.17, 15) is 14.4 Å². The molecule has 1 aliphatic heterocycles. The largest absolute Gasteiger partial charge is 0.351 e. The maximum absolute atomic E-state index is 12.7. The molecule has 22 heavy (non-hydrogen) atoms. The van der Waals surface area contributed by atoms with Crippen molar-refractivity contribution in [3.8, 4) is 0 Å². The molecule has 6 nitrogen and oxygen atoms in total.